The minimum Gasteiger partial charge on any atom is -0.396 e. The van der Waals surface area contributed by atoms with E-state index in [1.165, 1.54) is 0 Å². The van der Waals surface area contributed by atoms with Crippen molar-refractivity contribution >= 4 is 21.8 Å². The molecule has 0 atom stereocenters. The van der Waals surface area contributed by atoms with E-state index in [9.17, 15) is 5.11 Å². The van der Waals surface area contributed by atoms with Gasteiger partial charge in [-0.05, 0) is 36.2 Å². The zero-order chi connectivity index (χ0) is 15.6. The van der Waals surface area contributed by atoms with Crippen molar-refractivity contribution in [3.05, 3.63) is 72.3 Å². The average Bonchev–Trinajstić information content (AvgIpc) is 2.61. The fourth-order valence-corrected chi connectivity index (χ4v) is 2.89. The summed E-state index contributed by atoms with van der Waals surface area (Å²) in [6.45, 7) is 0.0978. The topological polar surface area (TPSA) is 46.0 Å². The van der Waals surface area contributed by atoms with Crippen LogP contribution in [-0.2, 0) is 6.42 Å². The molecule has 0 bridgehead atoms. The van der Waals surface area contributed by atoms with Crippen molar-refractivity contribution in [2.75, 3.05) is 6.61 Å². The van der Waals surface area contributed by atoms with Crippen LogP contribution in [-0.4, -0.2) is 21.7 Å². The summed E-state index contributed by atoms with van der Waals surface area (Å²) in [6.07, 6.45) is 0.571. The second-order valence-corrected chi connectivity index (χ2v) is 5.55. The van der Waals surface area contributed by atoms with Crippen LogP contribution in [0.1, 0.15) is 5.56 Å². The van der Waals surface area contributed by atoms with Crippen molar-refractivity contribution in [1.29, 1.82) is 0 Å². The Hall–Kier alpha value is -2.78. The highest BCUT2D eigenvalue weighted by molar-refractivity contribution is 5.85. The number of hydrogen-bond acceptors (Lipinski definition) is 3. The Bertz CT molecular complexity index is 995. The summed E-state index contributed by atoms with van der Waals surface area (Å²) in [5.74, 6) is 0. The Kier molecular flexibility index (Phi) is 3.48. The Balaban J connectivity index is 1.95. The van der Waals surface area contributed by atoms with Crippen molar-refractivity contribution in [3.63, 3.8) is 0 Å². The standard InChI is InChI=1S/C20H16N2O/c23-12-11-16-13-15-6-2-4-8-18(15)22-20(16)19-10-9-14-5-1-3-7-17(14)21-19/h1-10,13,23H,11-12H2. The van der Waals surface area contributed by atoms with Gasteiger partial charge < -0.3 is 5.11 Å². The zero-order valence-electron chi connectivity index (χ0n) is 12.6. The predicted molar refractivity (Wildman–Crippen MR) is 93.3 cm³/mol. The molecule has 3 nitrogen and oxygen atoms in total. The molecule has 112 valence electrons. The minimum absolute atomic E-state index is 0.0978. The Labute approximate surface area is 134 Å². The maximum atomic E-state index is 9.39. The molecule has 0 saturated heterocycles. The minimum atomic E-state index is 0.0978. The molecule has 0 radical (unpaired) electrons. The van der Waals surface area contributed by atoms with Crippen LogP contribution in [0.25, 0.3) is 33.2 Å². The molecule has 0 aliphatic rings. The van der Waals surface area contributed by atoms with E-state index in [0.29, 0.717) is 6.42 Å². The second-order valence-electron chi connectivity index (χ2n) is 5.55. The number of aromatic nitrogens is 2. The highest BCUT2D eigenvalue weighted by Gasteiger charge is 2.11. The molecule has 0 saturated carbocycles. The number of pyridine rings is 2. The van der Waals surface area contributed by atoms with E-state index in [2.05, 4.69) is 18.2 Å². The van der Waals surface area contributed by atoms with E-state index in [0.717, 1.165) is 38.8 Å². The monoisotopic (exact) mass is 300 g/mol. The Morgan fingerprint density at radius 2 is 1.43 bits per heavy atom. The molecule has 2 heterocycles. The van der Waals surface area contributed by atoms with Gasteiger partial charge in [-0.15, -0.1) is 0 Å². The van der Waals surface area contributed by atoms with Gasteiger partial charge in [0.2, 0.25) is 0 Å². The number of benzene rings is 2. The molecule has 23 heavy (non-hydrogen) atoms. The van der Waals surface area contributed by atoms with Crippen molar-refractivity contribution in [2.45, 2.75) is 6.42 Å². The summed E-state index contributed by atoms with van der Waals surface area (Å²) in [7, 11) is 0. The van der Waals surface area contributed by atoms with Crippen LogP contribution in [0.4, 0.5) is 0 Å². The summed E-state index contributed by atoms with van der Waals surface area (Å²) >= 11 is 0. The van der Waals surface area contributed by atoms with Gasteiger partial charge in [0.05, 0.1) is 22.4 Å². The summed E-state index contributed by atoms with van der Waals surface area (Å²) in [4.78, 5) is 9.55. The number of hydrogen-bond donors (Lipinski definition) is 1. The second kappa shape index (κ2) is 5.78. The lowest BCUT2D eigenvalue weighted by molar-refractivity contribution is 0.299. The van der Waals surface area contributed by atoms with Crippen LogP contribution >= 0.6 is 0 Å². The van der Waals surface area contributed by atoms with Crippen LogP contribution in [0.2, 0.25) is 0 Å². The SMILES string of the molecule is OCCc1cc2ccccc2nc1-c1ccc2ccccc2n1. The molecular weight excluding hydrogens is 284 g/mol. The highest BCUT2D eigenvalue weighted by atomic mass is 16.2. The van der Waals surface area contributed by atoms with Gasteiger partial charge in [-0.1, -0.05) is 42.5 Å². The summed E-state index contributed by atoms with van der Waals surface area (Å²) in [5.41, 5.74) is 4.62. The van der Waals surface area contributed by atoms with E-state index in [4.69, 9.17) is 9.97 Å². The molecule has 0 unspecified atom stereocenters. The maximum Gasteiger partial charge on any atom is 0.0926 e. The fraction of sp³-hybridized carbons (Fsp3) is 0.100. The van der Waals surface area contributed by atoms with Crippen LogP contribution in [0.15, 0.2) is 66.7 Å². The molecule has 0 aliphatic carbocycles. The average molecular weight is 300 g/mol. The number of para-hydroxylation sites is 2. The Morgan fingerprint density at radius 1 is 0.739 bits per heavy atom. The first kappa shape index (κ1) is 13.9. The fourth-order valence-electron chi connectivity index (χ4n) is 2.89. The van der Waals surface area contributed by atoms with Crippen molar-refractivity contribution in [3.8, 4) is 11.4 Å². The maximum absolute atomic E-state index is 9.39. The molecule has 3 heteroatoms. The highest BCUT2D eigenvalue weighted by Crippen LogP contribution is 2.26. The van der Waals surface area contributed by atoms with E-state index in [-0.39, 0.29) is 6.61 Å². The normalized spacial score (nSPS) is 11.2. The number of rotatable bonds is 3. The molecule has 4 aromatic rings. The lowest BCUT2D eigenvalue weighted by Crippen LogP contribution is -1.99. The molecule has 0 spiro atoms. The summed E-state index contributed by atoms with van der Waals surface area (Å²) in [6, 6.07) is 22.3. The van der Waals surface area contributed by atoms with Crippen molar-refractivity contribution in [2.24, 2.45) is 0 Å². The summed E-state index contributed by atoms with van der Waals surface area (Å²) in [5, 5.41) is 11.6. The summed E-state index contributed by atoms with van der Waals surface area (Å²) < 4.78 is 0. The molecule has 1 N–H and O–H groups in total. The van der Waals surface area contributed by atoms with Gasteiger partial charge in [0.1, 0.15) is 0 Å². The molecule has 2 aromatic carbocycles. The van der Waals surface area contributed by atoms with Crippen LogP contribution in [0, 0.1) is 0 Å². The lowest BCUT2D eigenvalue weighted by Gasteiger charge is -2.10. The Morgan fingerprint density at radius 3 is 2.22 bits per heavy atom. The number of fused-ring (bicyclic) bond motifs is 2. The molecule has 0 aliphatic heterocycles. The first-order chi connectivity index (χ1) is 11.3. The van der Waals surface area contributed by atoms with E-state index in [1.54, 1.807) is 0 Å². The molecule has 0 fully saturated rings. The first-order valence-corrected chi connectivity index (χ1v) is 7.71. The van der Waals surface area contributed by atoms with Crippen LogP contribution in [0.5, 0.6) is 0 Å². The number of aliphatic hydroxyl groups is 1. The van der Waals surface area contributed by atoms with Gasteiger partial charge in [0.15, 0.2) is 0 Å². The lowest BCUT2D eigenvalue weighted by atomic mass is 10.0. The van der Waals surface area contributed by atoms with E-state index < -0.39 is 0 Å². The smallest absolute Gasteiger partial charge is 0.0926 e. The van der Waals surface area contributed by atoms with Gasteiger partial charge in [-0.3, -0.25) is 0 Å². The molecule has 4 rings (SSSR count). The van der Waals surface area contributed by atoms with E-state index in [1.807, 2.05) is 48.5 Å². The molecule has 0 amide bonds. The third kappa shape index (κ3) is 2.56. The predicted octanol–water partition coefficient (Wildman–Crippen LogP) is 3.98. The van der Waals surface area contributed by atoms with Crippen LogP contribution in [0.3, 0.4) is 0 Å². The number of aliphatic hydroxyl groups excluding tert-OH is 1. The van der Waals surface area contributed by atoms with E-state index >= 15 is 0 Å². The van der Waals surface area contributed by atoms with Gasteiger partial charge in [0.25, 0.3) is 0 Å². The zero-order valence-corrected chi connectivity index (χ0v) is 12.6. The largest absolute Gasteiger partial charge is 0.396 e. The van der Waals surface area contributed by atoms with Crippen molar-refractivity contribution in [1.82, 2.24) is 9.97 Å². The quantitative estimate of drug-likeness (QED) is 0.622. The van der Waals surface area contributed by atoms with Gasteiger partial charge in [-0.2, -0.15) is 0 Å². The molecule has 2 aromatic heterocycles. The number of nitrogens with zero attached hydrogens (tertiary/aromatic N) is 2. The van der Waals surface area contributed by atoms with Gasteiger partial charge >= 0.3 is 0 Å². The van der Waals surface area contributed by atoms with Gasteiger partial charge in [0, 0.05) is 17.4 Å². The van der Waals surface area contributed by atoms with Gasteiger partial charge in [-0.25, -0.2) is 9.97 Å². The van der Waals surface area contributed by atoms with Crippen molar-refractivity contribution < 1.29 is 5.11 Å². The first-order valence-electron chi connectivity index (χ1n) is 7.71. The molecular formula is C20H16N2O. The third-order valence-electron chi connectivity index (χ3n) is 4.03. The third-order valence-corrected chi connectivity index (χ3v) is 4.03. The van der Waals surface area contributed by atoms with Crippen LogP contribution < -0.4 is 0 Å².